The first-order valence-electron chi connectivity index (χ1n) is 8.55. The Labute approximate surface area is 159 Å². The van der Waals surface area contributed by atoms with Crippen LogP contribution in [0.1, 0.15) is 23.0 Å². The lowest BCUT2D eigenvalue weighted by molar-refractivity contribution is -0.137. The second-order valence-corrected chi connectivity index (χ2v) is 6.28. The molecule has 0 unspecified atom stereocenters. The Hall–Kier alpha value is -3.17. The number of carbonyl (C=O) groups excluding carboxylic acids is 2. The molecule has 1 aliphatic heterocycles. The van der Waals surface area contributed by atoms with Crippen LogP contribution in [0.25, 0.3) is 0 Å². The highest BCUT2D eigenvalue weighted by atomic mass is 19.4. The number of hydrogen-bond donors (Lipinski definition) is 1. The molecular weight excluding hydrogens is 375 g/mol. The highest BCUT2D eigenvalue weighted by Crippen LogP contribution is 2.29. The molecule has 1 aromatic heterocycles. The summed E-state index contributed by atoms with van der Waals surface area (Å²) in [5.74, 6) is 0.0143. The molecule has 28 heavy (non-hydrogen) atoms. The normalized spacial score (nSPS) is 14.7. The number of nitrogens with one attached hydrogen (secondary N) is 1. The van der Waals surface area contributed by atoms with Gasteiger partial charge < -0.3 is 15.1 Å². The summed E-state index contributed by atoms with van der Waals surface area (Å²) < 4.78 is 37.8. The van der Waals surface area contributed by atoms with Gasteiger partial charge in [0, 0.05) is 44.9 Å². The van der Waals surface area contributed by atoms with Crippen LogP contribution in [0, 0.1) is 0 Å². The zero-order chi connectivity index (χ0) is 20.3. The first-order valence-corrected chi connectivity index (χ1v) is 8.55. The minimum atomic E-state index is -4.43. The number of alkyl halides is 3. The molecule has 0 bridgehead atoms. The van der Waals surface area contributed by atoms with E-state index >= 15 is 0 Å². The van der Waals surface area contributed by atoms with Crippen LogP contribution in [0.2, 0.25) is 0 Å². The maximum absolute atomic E-state index is 12.6. The largest absolute Gasteiger partial charge is 0.416 e. The van der Waals surface area contributed by atoms with Crippen LogP contribution in [-0.4, -0.2) is 52.9 Å². The van der Waals surface area contributed by atoms with Crippen LogP contribution in [0.3, 0.4) is 0 Å². The van der Waals surface area contributed by atoms with Gasteiger partial charge in [-0.05, 0) is 24.3 Å². The van der Waals surface area contributed by atoms with E-state index in [9.17, 15) is 22.8 Å². The molecule has 1 aliphatic rings. The lowest BCUT2D eigenvalue weighted by Crippen LogP contribution is -2.48. The summed E-state index contributed by atoms with van der Waals surface area (Å²) in [7, 11) is 0. The Kier molecular flexibility index (Phi) is 5.48. The van der Waals surface area contributed by atoms with Gasteiger partial charge in [0.05, 0.1) is 5.56 Å². The fraction of sp³-hybridized carbons (Fsp3) is 0.333. The maximum atomic E-state index is 12.6. The van der Waals surface area contributed by atoms with Crippen molar-refractivity contribution in [2.45, 2.75) is 13.1 Å². The molecule has 2 aromatic rings. The van der Waals surface area contributed by atoms with Gasteiger partial charge in [0.15, 0.2) is 0 Å². The Morgan fingerprint density at radius 1 is 1.04 bits per heavy atom. The third-order valence-corrected chi connectivity index (χ3v) is 4.40. The van der Waals surface area contributed by atoms with Crippen molar-refractivity contribution in [3.8, 4) is 0 Å². The second kappa shape index (κ2) is 7.83. The van der Waals surface area contributed by atoms with Gasteiger partial charge in [0.25, 0.3) is 5.91 Å². The van der Waals surface area contributed by atoms with Crippen molar-refractivity contribution in [2.24, 2.45) is 0 Å². The number of aromatic nitrogens is 2. The first kappa shape index (κ1) is 19.6. The SMILES string of the molecule is CC(=O)N1CCN(c2cc(C(=O)Nc3ccc(C(F)(F)F)cc3)ncn2)CC1. The third kappa shape index (κ3) is 4.56. The number of anilines is 2. The minimum absolute atomic E-state index is 0.0129. The molecule has 1 saturated heterocycles. The van der Waals surface area contributed by atoms with E-state index in [0.29, 0.717) is 32.0 Å². The van der Waals surface area contributed by atoms with Crippen molar-refractivity contribution >= 4 is 23.3 Å². The molecule has 148 valence electrons. The monoisotopic (exact) mass is 393 g/mol. The topological polar surface area (TPSA) is 78.4 Å². The minimum Gasteiger partial charge on any atom is -0.353 e. The van der Waals surface area contributed by atoms with Gasteiger partial charge in [-0.25, -0.2) is 9.97 Å². The molecule has 2 heterocycles. The molecule has 1 fully saturated rings. The van der Waals surface area contributed by atoms with E-state index in [1.807, 2.05) is 4.90 Å². The number of halogens is 3. The number of rotatable bonds is 3. The molecular formula is C18H18F3N5O2. The van der Waals surface area contributed by atoms with Crippen molar-refractivity contribution in [2.75, 3.05) is 36.4 Å². The highest BCUT2D eigenvalue weighted by molar-refractivity contribution is 6.03. The van der Waals surface area contributed by atoms with Crippen LogP contribution in [0.15, 0.2) is 36.7 Å². The molecule has 0 aliphatic carbocycles. The van der Waals surface area contributed by atoms with Crippen LogP contribution in [-0.2, 0) is 11.0 Å². The lowest BCUT2D eigenvalue weighted by atomic mass is 10.2. The number of amides is 2. The molecule has 0 radical (unpaired) electrons. The van der Waals surface area contributed by atoms with Crippen molar-refractivity contribution < 1.29 is 22.8 Å². The fourth-order valence-corrected chi connectivity index (χ4v) is 2.83. The van der Waals surface area contributed by atoms with E-state index in [1.54, 1.807) is 4.90 Å². The zero-order valence-electron chi connectivity index (χ0n) is 15.0. The van der Waals surface area contributed by atoms with Gasteiger partial charge in [0.2, 0.25) is 5.91 Å². The summed E-state index contributed by atoms with van der Waals surface area (Å²) in [6.45, 7) is 3.80. The zero-order valence-corrected chi connectivity index (χ0v) is 15.0. The van der Waals surface area contributed by atoms with E-state index in [2.05, 4.69) is 15.3 Å². The van der Waals surface area contributed by atoms with E-state index in [1.165, 1.54) is 31.5 Å². The molecule has 1 aromatic carbocycles. The van der Waals surface area contributed by atoms with Crippen molar-refractivity contribution in [1.29, 1.82) is 0 Å². The summed E-state index contributed by atoms with van der Waals surface area (Å²) in [4.78, 5) is 35.6. The smallest absolute Gasteiger partial charge is 0.353 e. The summed E-state index contributed by atoms with van der Waals surface area (Å²) in [6.07, 6.45) is -3.18. The number of benzene rings is 1. The molecule has 7 nitrogen and oxygen atoms in total. The van der Waals surface area contributed by atoms with E-state index in [0.717, 1.165) is 12.1 Å². The Morgan fingerprint density at radius 2 is 1.68 bits per heavy atom. The molecule has 0 saturated carbocycles. The number of piperazine rings is 1. The van der Waals surface area contributed by atoms with Gasteiger partial charge in [-0.1, -0.05) is 0 Å². The van der Waals surface area contributed by atoms with E-state index < -0.39 is 17.6 Å². The summed E-state index contributed by atoms with van der Waals surface area (Å²) in [5, 5.41) is 2.52. The van der Waals surface area contributed by atoms with E-state index in [4.69, 9.17) is 0 Å². The standard InChI is InChI=1S/C18H18F3N5O2/c1-12(27)25-6-8-26(9-7-25)16-10-15(22-11-23-16)17(28)24-14-4-2-13(3-5-14)18(19,20)21/h2-5,10-11H,6-9H2,1H3,(H,24,28). The van der Waals surface area contributed by atoms with Gasteiger partial charge in [0.1, 0.15) is 17.8 Å². The molecule has 3 rings (SSSR count). The summed E-state index contributed by atoms with van der Waals surface area (Å²) >= 11 is 0. The lowest BCUT2D eigenvalue weighted by Gasteiger charge is -2.34. The van der Waals surface area contributed by atoms with Gasteiger partial charge in [-0.3, -0.25) is 9.59 Å². The second-order valence-electron chi connectivity index (χ2n) is 6.28. The predicted octanol–water partition coefficient (Wildman–Crippen LogP) is 2.42. The Bertz CT molecular complexity index is 862. The van der Waals surface area contributed by atoms with Crippen molar-refractivity contribution in [3.05, 3.63) is 47.9 Å². The van der Waals surface area contributed by atoms with E-state index in [-0.39, 0.29) is 17.3 Å². The van der Waals surface area contributed by atoms with Gasteiger partial charge >= 0.3 is 6.18 Å². The Morgan fingerprint density at radius 3 is 2.25 bits per heavy atom. The van der Waals surface area contributed by atoms with Crippen molar-refractivity contribution in [3.63, 3.8) is 0 Å². The maximum Gasteiger partial charge on any atom is 0.416 e. The number of hydrogen-bond acceptors (Lipinski definition) is 5. The highest BCUT2D eigenvalue weighted by Gasteiger charge is 2.30. The molecule has 10 heteroatoms. The van der Waals surface area contributed by atoms with Gasteiger partial charge in [-0.15, -0.1) is 0 Å². The molecule has 0 atom stereocenters. The van der Waals surface area contributed by atoms with Gasteiger partial charge in [-0.2, -0.15) is 13.2 Å². The van der Waals surface area contributed by atoms with Crippen LogP contribution >= 0.6 is 0 Å². The average Bonchev–Trinajstić information content (AvgIpc) is 2.68. The third-order valence-electron chi connectivity index (χ3n) is 4.40. The summed E-state index contributed by atoms with van der Waals surface area (Å²) in [6, 6.07) is 5.68. The van der Waals surface area contributed by atoms with Crippen molar-refractivity contribution in [1.82, 2.24) is 14.9 Å². The fourth-order valence-electron chi connectivity index (χ4n) is 2.83. The van der Waals surface area contributed by atoms with Crippen LogP contribution in [0.4, 0.5) is 24.7 Å². The number of nitrogens with zero attached hydrogens (tertiary/aromatic N) is 4. The predicted molar refractivity (Wildman–Crippen MR) is 95.9 cm³/mol. The Balaban J connectivity index is 1.66. The van der Waals surface area contributed by atoms with Crippen LogP contribution < -0.4 is 10.2 Å². The quantitative estimate of drug-likeness (QED) is 0.867. The van der Waals surface area contributed by atoms with Crippen LogP contribution in [0.5, 0.6) is 0 Å². The average molecular weight is 393 g/mol. The molecule has 1 N–H and O–H groups in total. The molecule has 2 amide bonds. The molecule has 0 spiro atoms. The summed E-state index contributed by atoms with van der Waals surface area (Å²) in [5.41, 5.74) is -0.466. The number of carbonyl (C=O) groups is 2. The first-order chi connectivity index (χ1) is 13.2.